The zero-order valence-corrected chi connectivity index (χ0v) is 39.0. The van der Waals surface area contributed by atoms with E-state index in [0.29, 0.717) is 0 Å². The van der Waals surface area contributed by atoms with Gasteiger partial charge in [0.05, 0.1) is 16.7 Å². The van der Waals surface area contributed by atoms with Crippen molar-refractivity contribution in [3.05, 3.63) is 243 Å². The van der Waals surface area contributed by atoms with Gasteiger partial charge in [0.1, 0.15) is 22.3 Å². The van der Waals surface area contributed by atoms with Gasteiger partial charge in [-0.05, 0) is 118 Å². The molecular formula is C66H40N2O2S. The van der Waals surface area contributed by atoms with Crippen LogP contribution in [-0.4, -0.2) is 4.57 Å². The second kappa shape index (κ2) is 15.7. The van der Waals surface area contributed by atoms with E-state index in [1.54, 1.807) is 0 Å². The van der Waals surface area contributed by atoms with Crippen molar-refractivity contribution in [3.8, 4) is 39.1 Å². The molecule has 0 aliphatic carbocycles. The van der Waals surface area contributed by atoms with Crippen molar-refractivity contribution >= 4 is 114 Å². The minimum Gasteiger partial charge on any atom is -0.456 e. The molecule has 0 N–H and O–H groups in total. The molecular weight excluding hydrogens is 885 g/mol. The number of para-hydroxylation sites is 4. The van der Waals surface area contributed by atoms with Crippen LogP contribution in [0.2, 0.25) is 0 Å². The van der Waals surface area contributed by atoms with Crippen molar-refractivity contribution in [1.82, 2.24) is 4.57 Å². The molecule has 4 heterocycles. The summed E-state index contributed by atoms with van der Waals surface area (Å²) in [7, 11) is 0. The number of aromatic nitrogens is 1. The monoisotopic (exact) mass is 924 g/mol. The molecule has 5 heteroatoms. The largest absolute Gasteiger partial charge is 0.456 e. The molecule has 0 aliphatic heterocycles. The summed E-state index contributed by atoms with van der Waals surface area (Å²) >= 11 is 1.87. The van der Waals surface area contributed by atoms with Gasteiger partial charge in [-0.1, -0.05) is 158 Å². The average molecular weight is 925 g/mol. The van der Waals surface area contributed by atoms with Crippen molar-refractivity contribution in [2.45, 2.75) is 0 Å². The number of anilines is 3. The standard InChI is InChI=1S/C66H40N2O2S/c1-6-23-55-50(16-1)51-17-2-7-24-56(51)68(55)46-15-11-14-43(40-46)49-38-39-57(65-54-20-5-10-29-62(54)71-66(49)65)67(44-34-30-41(31-35-44)47-21-12-27-60-63(47)52-18-3-8-25-58(52)69-60)45-36-32-42(33-37-45)48-22-13-28-61-64(48)53-19-4-9-26-59(53)70-61/h1-40H. The molecule has 4 nitrogen and oxygen atoms in total. The van der Waals surface area contributed by atoms with Crippen LogP contribution in [0.5, 0.6) is 0 Å². The highest BCUT2D eigenvalue weighted by atomic mass is 32.1. The topological polar surface area (TPSA) is 34.5 Å². The first-order valence-electron chi connectivity index (χ1n) is 24.1. The fourth-order valence-corrected chi connectivity index (χ4v) is 12.5. The molecule has 15 aromatic rings. The van der Waals surface area contributed by atoms with E-state index in [2.05, 4.69) is 228 Å². The predicted octanol–water partition coefficient (Wildman–Crippen LogP) is 19.4. The lowest BCUT2D eigenvalue weighted by Gasteiger charge is -2.27. The van der Waals surface area contributed by atoms with Crippen LogP contribution in [0.15, 0.2) is 251 Å². The van der Waals surface area contributed by atoms with Crippen molar-refractivity contribution in [3.63, 3.8) is 0 Å². The number of fused-ring (bicyclic) bond motifs is 12. The van der Waals surface area contributed by atoms with Gasteiger partial charge in [-0.2, -0.15) is 0 Å². The molecule has 0 spiro atoms. The van der Waals surface area contributed by atoms with E-state index >= 15 is 0 Å². The van der Waals surface area contributed by atoms with Crippen LogP contribution in [0.3, 0.4) is 0 Å². The van der Waals surface area contributed by atoms with Gasteiger partial charge in [0.15, 0.2) is 0 Å². The highest BCUT2D eigenvalue weighted by Gasteiger charge is 2.23. The van der Waals surface area contributed by atoms with E-state index in [4.69, 9.17) is 8.83 Å². The van der Waals surface area contributed by atoms with Gasteiger partial charge in [0.2, 0.25) is 0 Å². The Morgan fingerprint density at radius 3 is 1.42 bits per heavy atom. The zero-order chi connectivity index (χ0) is 46.6. The van der Waals surface area contributed by atoms with E-state index in [1.165, 1.54) is 53.1 Å². The minimum atomic E-state index is 0.890. The van der Waals surface area contributed by atoms with Gasteiger partial charge in [-0.3, -0.25) is 0 Å². The Kier molecular flexibility index (Phi) is 8.79. The maximum atomic E-state index is 6.33. The first-order chi connectivity index (χ1) is 35.2. The first kappa shape index (κ1) is 39.8. The molecule has 71 heavy (non-hydrogen) atoms. The second-order valence-corrected chi connectivity index (χ2v) is 19.4. The number of hydrogen-bond donors (Lipinski definition) is 0. The van der Waals surface area contributed by atoms with Crippen molar-refractivity contribution in [2.24, 2.45) is 0 Å². The Balaban J connectivity index is 0.919. The van der Waals surface area contributed by atoms with E-state index < -0.39 is 0 Å². The molecule has 0 saturated heterocycles. The normalized spacial score (nSPS) is 11.9. The molecule has 0 fully saturated rings. The molecule has 0 amide bonds. The van der Waals surface area contributed by atoms with E-state index in [0.717, 1.165) is 88.9 Å². The summed E-state index contributed by atoms with van der Waals surface area (Å²) in [5.74, 6) is 0. The Hall–Kier alpha value is -9.16. The lowest BCUT2D eigenvalue weighted by molar-refractivity contribution is 0.668. The molecule has 0 unspecified atom stereocenters. The highest BCUT2D eigenvalue weighted by Crippen LogP contribution is 2.50. The molecule has 0 saturated carbocycles. The lowest BCUT2D eigenvalue weighted by atomic mass is 9.97. The summed E-state index contributed by atoms with van der Waals surface area (Å²) in [6.07, 6.45) is 0. The van der Waals surface area contributed by atoms with Crippen LogP contribution in [0.25, 0.3) is 125 Å². The fourth-order valence-electron chi connectivity index (χ4n) is 11.3. The molecule has 11 aromatic carbocycles. The maximum Gasteiger partial charge on any atom is 0.136 e. The fraction of sp³-hybridized carbons (Fsp3) is 0. The summed E-state index contributed by atoms with van der Waals surface area (Å²) in [5, 5.41) is 9.47. The number of thiophene rings is 1. The van der Waals surface area contributed by atoms with Crippen LogP contribution in [0.1, 0.15) is 0 Å². The molecule has 0 radical (unpaired) electrons. The number of hydrogen-bond acceptors (Lipinski definition) is 4. The van der Waals surface area contributed by atoms with Crippen LogP contribution < -0.4 is 4.90 Å². The highest BCUT2D eigenvalue weighted by molar-refractivity contribution is 7.26. The number of benzene rings is 11. The molecule has 0 aliphatic rings. The Morgan fingerprint density at radius 2 is 0.831 bits per heavy atom. The summed E-state index contributed by atoms with van der Waals surface area (Å²) < 4.78 is 17.6. The van der Waals surface area contributed by atoms with Crippen LogP contribution >= 0.6 is 11.3 Å². The maximum absolute atomic E-state index is 6.33. The van der Waals surface area contributed by atoms with Gasteiger partial charge in [0.25, 0.3) is 0 Å². The number of furan rings is 2. The molecule has 15 rings (SSSR count). The van der Waals surface area contributed by atoms with Gasteiger partial charge < -0.3 is 18.3 Å². The summed E-state index contributed by atoms with van der Waals surface area (Å²) in [6, 6.07) is 87.5. The van der Waals surface area contributed by atoms with Crippen LogP contribution in [-0.2, 0) is 0 Å². The Labute approximate surface area is 412 Å². The summed E-state index contributed by atoms with van der Waals surface area (Å²) in [4.78, 5) is 2.44. The third kappa shape index (κ3) is 6.17. The summed E-state index contributed by atoms with van der Waals surface area (Å²) in [5.41, 5.74) is 17.3. The van der Waals surface area contributed by atoms with Crippen molar-refractivity contribution < 1.29 is 8.83 Å². The van der Waals surface area contributed by atoms with Crippen LogP contribution in [0, 0.1) is 0 Å². The van der Waals surface area contributed by atoms with Crippen LogP contribution in [0.4, 0.5) is 17.1 Å². The SMILES string of the molecule is c1cc(-c2ccc(N(c3ccc(-c4cccc5oc6ccccc6c45)cc3)c3ccc(-c4cccc5oc6ccccc6c45)cc3)c3c2sc2ccccc23)cc(-n2c3ccccc3c3ccccc32)c1. The van der Waals surface area contributed by atoms with E-state index in [1.807, 2.05) is 35.6 Å². The van der Waals surface area contributed by atoms with Gasteiger partial charge >= 0.3 is 0 Å². The predicted molar refractivity (Wildman–Crippen MR) is 299 cm³/mol. The average Bonchev–Trinajstić information content (AvgIpc) is 4.21. The van der Waals surface area contributed by atoms with Crippen molar-refractivity contribution in [2.75, 3.05) is 4.90 Å². The number of rotatable bonds is 7. The van der Waals surface area contributed by atoms with Gasteiger partial charge in [0, 0.05) is 69.6 Å². The third-order valence-electron chi connectivity index (χ3n) is 14.4. The van der Waals surface area contributed by atoms with E-state index in [9.17, 15) is 0 Å². The molecule has 4 aromatic heterocycles. The first-order valence-corrected chi connectivity index (χ1v) is 24.9. The zero-order valence-electron chi connectivity index (χ0n) is 38.2. The number of nitrogens with zero attached hydrogens (tertiary/aromatic N) is 2. The van der Waals surface area contributed by atoms with E-state index in [-0.39, 0.29) is 0 Å². The smallest absolute Gasteiger partial charge is 0.136 e. The quantitative estimate of drug-likeness (QED) is 0.160. The van der Waals surface area contributed by atoms with Gasteiger partial charge in [-0.15, -0.1) is 11.3 Å². The minimum absolute atomic E-state index is 0.890. The molecule has 0 bridgehead atoms. The second-order valence-electron chi connectivity index (χ2n) is 18.3. The lowest BCUT2D eigenvalue weighted by Crippen LogP contribution is -2.10. The van der Waals surface area contributed by atoms with Gasteiger partial charge in [-0.25, -0.2) is 0 Å². The Bertz CT molecular complexity index is 4380. The molecule has 0 atom stereocenters. The third-order valence-corrected chi connectivity index (χ3v) is 15.6. The summed E-state index contributed by atoms with van der Waals surface area (Å²) in [6.45, 7) is 0. The Morgan fingerprint density at radius 1 is 0.338 bits per heavy atom. The molecule has 332 valence electrons. The van der Waals surface area contributed by atoms with Crippen molar-refractivity contribution in [1.29, 1.82) is 0 Å².